The highest BCUT2D eigenvalue weighted by atomic mass is 32.1. The third-order valence-electron chi connectivity index (χ3n) is 16.2. The normalized spacial score (nSPS) is 15.5. The van der Waals surface area contributed by atoms with Gasteiger partial charge in [-0.3, -0.25) is 81.9 Å². The van der Waals surface area contributed by atoms with Crippen molar-refractivity contribution in [2.75, 3.05) is 45.1 Å². The Bertz CT molecular complexity index is 3450. The Labute approximate surface area is 616 Å². The first-order valence-corrected chi connectivity index (χ1v) is 34.6. The van der Waals surface area contributed by atoms with Crippen LogP contribution in [0.5, 0.6) is 11.5 Å². The molecule has 0 bridgehead atoms. The van der Waals surface area contributed by atoms with E-state index in [1.54, 1.807) is 12.1 Å². The Morgan fingerprint density at radius 2 is 0.915 bits per heavy atom. The van der Waals surface area contributed by atoms with Crippen molar-refractivity contribution in [3.63, 3.8) is 0 Å². The van der Waals surface area contributed by atoms with Crippen molar-refractivity contribution < 1.29 is 92.3 Å². The number of aliphatic hydroxyl groups is 1. The van der Waals surface area contributed by atoms with E-state index >= 15 is 0 Å². The molecule has 0 aliphatic carbocycles. The minimum absolute atomic E-state index is 0.0399. The number of aliphatic carboxylic acids is 1. The molecule has 3 rings (SSSR count). The first kappa shape index (κ1) is 89.1. The number of benzene rings is 2. The molecule has 0 unspecified atom stereocenters. The topological polar surface area (TPSA) is 665 Å². The number of nitrogens with one attached hydrogen (secondary N) is 12. The average molecular weight is 1510 g/mol. The van der Waals surface area contributed by atoms with Crippen LogP contribution in [0.25, 0.3) is 0 Å². The molecule has 0 saturated carbocycles. The zero-order valence-electron chi connectivity index (χ0n) is 59.5. The summed E-state index contributed by atoms with van der Waals surface area (Å²) < 4.78 is 0. The van der Waals surface area contributed by atoms with Crippen LogP contribution in [0.3, 0.4) is 0 Å². The number of hydrogen-bond donors (Lipinski definition) is 23. The van der Waals surface area contributed by atoms with Gasteiger partial charge in [0.15, 0.2) is 11.9 Å². The van der Waals surface area contributed by atoms with Crippen LogP contribution in [0.4, 0.5) is 0 Å². The molecule has 41 heteroatoms. The van der Waals surface area contributed by atoms with E-state index in [0.717, 1.165) is 4.90 Å². The van der Waals surface area contributed by atoms with Crippen molar-refractivity contribution in [3.05, 3.63) is 59.7 Å². The first-order chi connectivity index (χ1) is 49.9. The van der Waals surface area contributed by atoms with E-state index < -0.39 is 194 Å². The highest BCUT2D eigenvalue weighted by Crippen LogP contribution is 2.19. The number of rotatable bonds is 45. The Morgan fingerprint density at radius 1 is 0.509 bits per heavy atom. The second-order valence-electron chi connectivity index (χ2n) is 25.4. The predicted molar refractivity (Wildman–Crippen MR) is 385 cm³/mol. The van der Waals surface area contributed by atoms with Gasteiger partial charge >= 0.3 is 5.97 Å². The van der Waals surface area contributed by atoms with Crippen LogP contribution in [0, 0.1) is 5.92 Å². The molecule has 1 fully saturated rings. The van der Waals surface area contributed by atoms with Gasteiger partial charge in [0, 0.05) is 44.6 Å². The molecule has 1 aliphatic heterocycles. The second kappa shape index (κ2) is 45.2. The van der Waals surface area contributed by atoms with Gasteiger partial charge < -0.3 is 124 Å². The van der Waals surface area contributed by atoms with Gasteiger partial charge in [-0.2, -0.15) is 12.6 Å². The third kappa shape index (κ3) is 32.3. The fraction of sp³-hybridized carbons (Fsp3) is 0.554. The fourth-order valence-electron chi connectivity index (χ4n) is 10.4. The lowest BCUT2D eigenvalue weighted by Crippen LogP contribution is -2.60. The molecule has 40 nitrogen and oxygen atoms in total. The van der Waals surface area contributed by atoms with Crippen molar-refractivity contribution in [1.29, 1.82) is 0 Å². The maximum atomic E-state index is 14.0. The largest absolute Gasteiger partial charge is 0.508 e. The van der Waals surface area contributed by atoms with Gasteiger partial charge in [-0.15, -0.1) is 0 Å². The van der Waals surface area contributed by atoms with Crippen LogP contribution in [-0.4, -0.2) is 244 Å². The van der Waals surface area contributed by atoms with E-state index in [1.807, 2.05) is 13.8 Å². The number of aliphatic hydroxyl groups excluding tert-OH is 1. The van der Waals surface area contributed by atoms with Crippen molar-refractivity contribution in [1.82, 2.24) is 68.7 Å². The van der Waals surface area contributed by atoms with Gasteiger partial charge in [0.1, 0.15) is 78.0 Å². The van der Waals surface area contributed by atoms with Crippen molar-refractivity contribution >= 4 is 113 Å². The van der Waals surface area contributed by atoms with Crippen molar-refractivity contribution in [2.45, 2.75) is 178 Å². The second-order valence-corrected chi connectivity index (χ2v) is 25.8. The lowest BCUT2D eigenvalue weighted by Gasteiger charge is -2.27. The monoisotopic (exact) mass is 1510 g/mol. The number of phenols is 2. The van der Waals surface area contributed by atoms with Crippen molar-refractivity contribution in [2.24, 2.45) is 50.3 Å². The molecule has 1 aliphatic rings. The van der Waals surface area contributed by atoms with Gasteiger partial charge in [0.05, 0.1) is 25.7 Å². The van der Waals surface area contributed by atoms with Gasteiger partial charge in [-0.25, -0.2) is 0 Å². The molecule has 14 amide bonds. The molecule has 12 atom stereocenters. The number of phenolic OH excluding ortho intramolecular Hbond substituents is 2. The highest BCUT2D eigenvalue weighted by molar-refractivity contribution is 7.80. The van der Waals surface area contributed by atoms with Gasteiger partial charge in [-0.05, 0) is 113 Å². The summed E-state index contributed by atoms with van der Waals surface area (Å²) in [5.74, 6) is -15.0. The molecule has 28 N–H and O–H groups in total. The Morgan fingerprint density at radius 3 is 1.37 bits per heavy atom. The minimum atomic E-state index is -1.69. The molecule has 0 spiro atoms. The minimum Gasteiger partial charge on any atom is -0.508 e. The highest BCUT2D eigenvalue weighted by Gasteiger charge is 2.38. The number of guanidine groups is 2. The summed E-state index contributed by atoms with van der Waals surface area (Å²) in [6.07, 6.45) is -0.906. The fourth-order valence-corrected chi connectivity index (χ4v) is 10.6. The first-order valence-electron chi connectivity index (χ1n) is 34.0. The summed E-state index contributed by atoms with van der Waals surface area (Å²) in [5, 5.41) is 68.0. The molecule has 1 heterocycles. The number of carbonyl (C=O) groups is 15. The maximum absolute atomic E-state index is 14.0. The zero-order valence-corrected chi connectivity index (χ0v) is 60.4. The summed E-state index contributed by atoms with van der Waals surface area (Å²) in [5.41, 5.74) is 34.2. The number of likely N-dealkylation sites (tertiary alicyclic amines) is 1. The quantitative estimate of drug-likeness (QED) is 0.0127. The SMILES string of the molecule is CC(C)C[C@H](N)C(=O)N[C@@H](Cc1ccc(O)cc1)C(=O)N[C@@H](CCCN=C(N)N)C(=O)N[C@@H](C)C(=O)NCC(=O)N[C@@H](C)C(=O)NCC(=O)N1CCC[C@H]1C(=O)N[C@@H](CS)C(=O)N[C@@H](CCCN=C(N)N)C(=O)N[C@@H](C)C(=O)N[C@@H](CCC(=O)O)C(=O)N[C@@H](Cc1ccc(O)cc1)C(=O)N[C@@H](CO)C(N)=O. The molecule has 106 heavy (non-hydrogen) atoms. The maximum Gasteiger partial charge on any atom is 0.303 e. The number of nitrogens with zero attached hydrogens (tertiary/aromatic N) is 3. The molecule has 0 radical (unpaired) electrons. The number of carbonyl (C=O) groups excluding carboxylic acids is 14. The van der Waals surface area contributed by atoms with Crippen LogP contribution in [0.2, 0.25) is 0 Å². The molecular formula is C65H101N21O19S. The number of primary amides is 1. The number of amides is 14. The predicted octanol–water partition coefficient (Wildman–Crippen LogP) is -8.23. The van der Waals surface area contributed by atoms with E-state index in [0.29, 0.717) is 24.0 Å². The average Bonchev–Trinajstić information content (AvgIpc) is 1.57. The number of carboxylic acid groups (broad SMARTS) is 1. The van der Waals surface area contributed by atoms with E-state index in [9.17, 15) is 92.3 Å². The molecule has 1 saturated heterocycles. The molecule has 2 aromatic rings. The summed E-state index contributed by atoms with van der Waals surface area (Å²) >= 11 is 4.24. The number of nitrogens with two attached hydrogens (primary N) is 6. The van der Waals surface area contributed by atoms with Crippen LogP contribution >= 0.6 is 12.6 Å². The van der Waals surface area contributed by atoms with Gasteiger partial charge in [0.2, 0.25) is 82.7 Å². The lowest BCUT2D eigenvalue weighted by molar-refractivity contribution is -0.140. The van der Waals surface area contributed by atoms with E-state index in [4.69, 9.17) is 34.4 Å². The number of aliphatic imine (C=N–C) groups is 2. The zero-order chi connectivity index (χ0) is 79.5. The van der Waals surface area contributed by atoms with E-state index in [-0.39, 0.29) is 99.7 Å². The lowest BCUT2D eigenvalue weighted by atomic mass is 10.0. The third-order valence-corrected chi connectivity index (χ3v) is 16.5. The molecular weight excluding hydrogens is 1410 g/mol. The Balaban J connectivity index is 1.64. The smallest absolute Gasteiger partial charge is 0.303 e. The molecule has 0 aromatic heterocycles. The van der Waals surface area contributed by atoms with Crippen LogP contribution < -0.4 is 98.2 Å². The summed E-state index contributed by atoms with van der Waals surface area (Å²) in [6, 6.07) is -5.37. The molecule has 586 valence electrons. The number of aromatic hydroxyl groups is 2. The Kier molecular flexibility index (Phi) is 38.0. The van der Waals surface area contributed by atoms with Crippen LogP contribution in [0.1, 0.15) is 104 Å². The Hall–Kier alpha value is -11.1. The number of thiol groups is 1. The summed E-state index contributed by atoms with van der Waals surface area (Å²) in [4.78, 5) is 209. The number of hydrogen-bond acceptors (Lipinski definition) is 22. The van der Waals surface area contributed by atoms with E-state index in [2.05, 4.69) is 86.4 Å². The van der Waals surface area contributed by atoms with Gasteiger partial charge in [-0.1, -0.05) is 38.1 Å². The summed E-state index contributed by atoms with van der Waals surface area (Å²) in [7, 11) is 0. The number of carboxylic acids is 1. The van der Waals surface area contributed by atoms with Crippen LogP contribution in [0.15, 0.2) is 58.5 Å². The standard InChI is InChI=1S/C65H101N21O19S/c1-32(2)25-40(66)56(98)82-44(26-36-12-16-38(88)17-13-36)60(102)80-41(9-6-22-72-64(68)69)57(99)77-34(4)54(96)74-28-49(90)76-33(3)53(95)75-29-50(91)86-24-8-11-48(86)63(105)85-47(31-106)62(104)81-42(10-7-23-73-65(70)71)58(100)78-35(5)55(97)79-43(20-21-51(92)93)59(101)83-45(27-37-14-18-39(89)19-15-37)61(103)84-46(30-87)52(67)94/h12-19,32-35,40-48,87-89,106H,6-11,20-31,66H2,1-5H3,(H2,67,94)(H,74,96)(H,75,95)(H,76,90)(H,77,99)(H,78,100)(H,79,97)(H,80,102)(H,81,104)(H,82,98)(H,83,101)(H,84,103)(H,85,105)(H,92,93)(H4,68,69,72)(H4,70,71,73)/t33-,34-,35-,40-,41-,42-,43-,44-,45-,46-,47-,48-/m0/s1. The van der Waals surface area contributed by atoms with Gasteiger partial charge in [0.25, 0.3) is 0 Å². The summed E-state index contributed by atoms with van der Waals surface area (Å²) in [6.45, 7) is 5.25. The van der Waals surface area contributed by atoms with Crippen LogP contribution in [-0.2, 0) is 84.8 Å². The van der Waals surface area contributed by atoms with Crippen molar-refractivity contribution in [3.8, 4) is 11.5 Å². The van der Waals surface area contributed by atoms with E-state index in [1.165, 1.54) is 57.2 Å². The molecule has 2 aromatic carbocycles.